The van der Waals surface area contributed by atoms with E-state index in [-0.39, 0.29) is 28.2 Å². The normalized spacial score (nSPS) is 17.1. The van der Waals surface area contributed by atoms with Crippen molar-refractivity contribution in [1.82, 2.24) is 5.16 Å². The number of amides is 1. The number of ether oxygens (including phenoxy) is 1. The lowest BCUT2D eigenvalue weighted by molar-refractivity contribution is -0.384. The molecule has 0 aliphatic carbocycles. The van der Waals surface area contributed by atoms with Gasteiger partial charge in [0.15, 0.2) is 5.82 Å². The Labute approximate surface area is 193 Å². The fraction of sp³-hybridized carbons (Fsp3) is 0.125. The number of Topliss-reactive ketones (excluding diaryl/α,β-unsaturated/α-hetero) is 1. The van der Waals surface area contributed by atoms with E-state index in [1.54, 1.807) is 25.1 Å². The summed E-state index contributed by atoms with van der Waals surface area (Å²) in [6, 6.07) is 12.1. The van der Waals surface area contributed by atoms with Crippen LogP contribution >= 0.6 is 0 Å². The number of rotatable bonds is 7. The van der Waals surface area contributed by atoms with E-state index in [0.717, 1.165) is 4.90 Å². The molecule has 10 heteroatoms. The number of ketones is 1. The van der Waals surface area contributed by atoms with E-state index in [1.807, 2.05) is 0 Å². The lowest BCUT2D eigenvalue weighted by Crippen LogP contribution is -2.29. The Bertz CT molecular complexity index is 1320. The van der Waals surface area contributed by atoms with Gasteiger partial charge in [-0.3, -0.25) is 24.6 Å². The van der Waals surface area contributed by atoms with Gasteiger partial charge in [-0.1, -0.05) is 29.9 Å². The van der Waals surface area contributed by atoms with Crippen molar-refractivity contribution in [2.45, 2.75) is 13.0 Å². The van der Waals surface area contributed by atoms with Crippen molar-refractivity contribution >= 4 is 29.0 Å². The second-order valence-corrected chi connectivity index (χ2v) is 7.44. The number of carbonyl (C=O) groups excluding carboxylic acids is 2. The molecule has 1 aromatic heterocycles. The topological polar surface area (TPSA) is 136 Å². The van der Waals surface area contributed by atoms with Crippen molar-refractivity contribution in [1.29, 1.82) is 0 Å². The standard InChI is InChI=1S/C24H19N3O7/c1-3-11-33-18-9-7-15(8-10-18)22(28)20-21(16-5-4-6-17(13-16)27(31)32)26(24(30)23(20)29)19-12-14(2)34-25-19/h3-10,12-13,21,28H,1,11H2,2H3. The highest BCUT2D eigenvalue weighted by molar-refractivity contribution is 6.51. The predicted octanol–water partition coefficient (Wildman–Crippen LogP) is 4.08. The molecule has 3 aromatic rings. The van der Waals surface area contributed by atoms with Crippen LogP contribution in [0.1, 0.15) is 22.9 Å². The average Bonchev–Trinajstić information content (AvgIpc) is 3.38. The van der Waals surface area contributed by atoms with Crippen LogP contribution in [0.5, 0.6) is 5.75 Å². The monoisotopic (exact) mass is 461 g/mol. The number of nitro benzene ring substituents is 1. The number of aromatic nitrogens is 1. The maximum absolute atomic E-state index is 13.1. The van der Waals surface area contributed by atoms with Crippen LogP contribution in [0.2, 0.25) is 0 Å². The number of hydrogen-bond donors (Lipinski definition) is 1. The molecule has 1 atom stereocenters. The second kappa shape index (κ2) is 9.02. The van der Waals surface area contributed by atoms with Gasteiger partial charge in [-0.05, 0) is 36.8 Å². The third-order valence-corrected chi connectivity index (χ3v) is 5.20. The highest BCUT2D eigenvalue weighted by Crippen LogP contribution is 2.42. The van der Waals surface area contributed by atoms with Gasteiger partial charge >= 0.3 is 5.91 Å². The predicted molar refractivity (Wildman–Crippen MR) is 121 cm³/mol. The number of carbonyl (C=O) groups is 2. The molecule has 1 amide bonds. The Morgan fingerprint density at radius 1 is 1.26 bits per heavy atom. The number of nitro groups is 1. The van der Waals surface area contributed by atoms with E-state index >= 15 is 0 Å². The first-order chi connectivity index (χ1) is 16.3. The highest BCUT2D eigenvalue weighted by Gasteiger charge is 2.48. The zero-order chi connectivity index (χ0) is 24.4. The van der Waals surface area contributed by atoms with Gasteiger partial charge in [-0.25, -0.2) is 0 Å². The Balaban J connectivity index is 1.87. The van der Waals surface area contributed by atoms with Gasteiger partial charge in [0, 0.05) is 23.8 Å². The van der Waals surface area contributed by atoms with E-state index in [4.69, 9.17) is 9.26 Å². The second-order valence-electron chi connectivity index (χ2n) is 7.44. The molecule has 1 N–H and O–H groups in total. The number of aliphatic hydroxyl groups is 1. The summed E-state index contributed by atoms with van der Waals surface area (Å²) in [6.45, 7) is 5.49. The molecule has 10 nitrogen and oxygen atoms in total. The minimum Gasteiger partial charge on any atom is -0.507 e. The van der Waals surface area contributed by atoms with Crippen molar-refractivity contribution in [3.63, 3.8) is 0 Å². The number of aryl methyl sites for hydroxylation is 1. The van der Waals surface area contributed by atoms with Gasteiger partial charge in [-0.15, -0.1) is 0 Å². The lowest BCUT2D eigenvalue weighted by atomic mass is 9.95. The zero-order valence-corrected chi connectivity index (χ0v) is 18.0. The molecule has 1 aliphatic rings. The summed E-state index contributed by atoms with van der Waals surface area (Å²) >= 11 is 0. The maximum atomic E-state index is 13.1. The van der Waals surface area contributed by atoms with Gasteiger partial charge in [0.05, 0.1) is 16.5 Å². The lowest BCUT2D eigenvalue weighted by Gasteiger charge is -2.22. The molecule has 1 aliphatic heterocycles. The Kier molecular flexibility index (Phi) is 5.96. The van der Waals surface area contributed by atoms with E-state index in [2.05, 4.69) is 11.7 Å². The van der Waals surface area contributed by atoms with Crippen LogP contribution < -0.4 is 9.64 Å². The summed E-state index contributed by atoms with van der Waals surface area (Å²) in [6.07, 6.45) is 1.58. The Morgan fingerprint density at radius 3 is 2.62 bits per heavy atom. The van der Waals surface area contributed by atoms with Crippen LogP contribution in [0, 0.1) is 17.0 Å². The number of anilines is 1. The minimum absolute atomic E-state index is 0.0447. The molecule has 2 heterocycles. The van der Waals surface area contributed by atoms with Crippen molar-refractivity contribution in [2.75, 3.05) is 11.5 Å². The van der Waals surface area contributed by atoms with Crippen LogP contribution in [-0.2, 0) is 9.59 Å². The molecule has 34 heavy (non-hydrogen) atoms. The number of nitrogens with zero attached hydrogens (tertiary/aromatic N) is 3. The van der Waals surface area contributed by atoms with Gasteiger partial charge < -0.3 is 14.4 Å². The summed E-state index contributed by atoms with van der Waals surface area (Å²) in [7, 11) is 0. The fourth-order valence-corrected chi connectivity index (χ4v) is 3.68. The van der Waals surface area contributed by atoms with Crippen LogP contribution in [0.4, 0.5) is 11.5 Å². The van der Waals surface area contributed by atoms with Crippen LogP contribution in [0.15, 0.2) is 77.3 Å². The van der Waals surface area contributed by atoms with Crippen molar-refractivity contribution < 1.29 is 28.9 Å². The molecule has 1 saturated heterocycles. The molecule has 4 rings (SSSR count). The van der Waals surface area contributed by atoms with Crippen LogP contribution in [0.3, 0.4) is 0 Å². The van der Waals surface area contributed by atoms with Gasteiger partial charge in [0.2, 0.25) is 0 Å². The number of non-ortho nitro benzene ring substituents is 1. The first-order valence-corrected chi connectivity index (χ1v) is 10.1. The van der Waals surface area contributed by atoms with Gasteiger partial charge in [-0.2, -0.15) is 0 Å². The zero-order valence-electron chi connectivity index (χ0n) is 18.0. The summed E-state index contributed by atoms with van der Waals surface area (Å²) in [5.41, 5.74) is 0.0475. The number of hydrogen-bond acceptors (Lipinski definition) is 8. The summed E-state index contributed by atoms with van der Waals surface area (Å²) in [5.74, 6) is -1.38. The molecule has 1 fully saturated rings. The summed E-state index contributed by atoms with van der Waals surface area (Å²) < 4.78 is 10.5. The largest absolute Gasteiger partial charge is 0.507 e. The van der Waals surface area contributed by atoms with E-state index in [1.165, 1.54) is 42.5 Å². The molecule has 1 unspecified atom stereocenters. The molecule has 0 spiro atoms. The molecule has 0 bridgehead atoms. The van der Waals surface area contributed by atoms with Gasteiger partial charge in [0.1, 0.15) is 23.9 Å². The fourth-order valence-electron chi connectivity index (χ4n) is 3.68. The first-order valence-electron chi connectivity index (χ1n) is 10.1. The average molecular weight is 461 g/mol. The molecule has 0 saturated carbocycles. The molecular formula is C24H19N3O7. The maximum Gasteiger partial charge on any atom is 0.301 e. The summed E-state index contributed by atoms with van der Waals surface area (Å²) in [5, 5.41) is 26.3. The summed E-state index contributed by atoms with van der Waals surface area (Å²) in [4.78, 5) is 37.9. The smallest absolute Gasteiger partial charge is 0.301 e. The SMILES string of the molecule is C=CCOc1ccc(C(O)=C2C(=O)C(=O)N(c3cc(C)on3)C2c2cccc([N+](=O)[O-])c2)cc1. The quantitative estimate of drug-likeness (QED) is 0.139. The Morgan fingerprint density at radius 2 is 2.00 bits per heavy atom. The van der Waals surface area contributed by atoms with Crippen molar-refractivity contribution in [3.8, 4) is 5.75 Å². The van der Waals surface area contributed by atoms with Crippen molar-refractivity contribution in [2.24, 2.45) is 0 Å². The third kappa shape index (κ3) is 4.04. The molecule has 172 valence electrons. The molecule has 2 aromatic carbocycles. The number of aliphatic hydroxyl groups excluding tert-OH is 1. The molecular weight excluding hydrogens is 442 g/mol. The van der Waals surface area contributed by atoms with Crippen LogP contribution in [-0.4, -0.2) is 33.5 Å². The van der Waals surface area contributed by atoms with E-state index in [0.29, 0.717) is 18.1 Å². The molecule has 0 radical (unpaired) electrons. The van der Waals surface area contributed by atoms with Crippen LogP contribution in [0.25, 0.3) is 5.76 Å². The first kappa shape index (κ1) is 22.5. The Hall–Kier alpha value is -4.73. The van der Waals surface area contributed by atoms with E-state index < -0.39 is 28.4 Å². The minimum atomic E-state index is -1.17. The highest BCUT2D eigenvalue weighted by atomic mass is 16.6. The third-order valence-electron chi connectivity index (χ3n) is 5.20. The van der Waals surface area contributed by atoms with Gasteiger partial charge in [0.25, 0.3) is 11.5 Å². The number of benzene rings is 2. The van der Waals surface area contributed by atoms with Crippen molar-refractivity contribution in [3.05, 3.63) is 99.8 Å². The van der Waals surface area contributed by atoms with E-state index in [9.17, 15) is 24.8 Å².